The molecule has 1 aliphatic rings. The van der Waals surface area contributed by atoms with Crippen molar-refractivity contribution in [2.45, 2.75) is 37.1 Å². The molecule has 1 saturated carbocycles. The van der Waals surface area contributed by atoms with Crippen molar-refractivity contribution in [2.24, 2.45) is 5.41 Å². The average molecular weight is 254 g/mol. The summed E-state index contributed by atoms with van der Waals surface area (Å²) in [6, 6.07) is 0. The van der Waals surface area contributed by atoms with E-state index in [1.165, 1.54) is 32.1 Å². The molecule has 88 valence electrons. The molecule has 2 nitrogen and oxygen atoms in total. The molecule has 1 heterocycles. The first-order valence-corrected chi connectivity index (χ1v) is 7.46. The Morgan fingerprint density at radius 3 is 2.69 bits per heavy atom. The Bertz CT molecular complexity index is 310. The molecule has 0 unspecified atom stereocenters. The number of rotatable bonds is 4. The van der Waals surface area contributed by atoms with Crippen LogP contribution in [0, 0.1) is 5.41 Å². The van der Waals surface area contributed by atoms with Crippen molar-refractivity contribution < 1.29 is 0 Å². The quantitative estimate of drug-likeness (QED) is 0.658. The lowest BCUT2D eigenvalue weighted by atomic mass is 9.77. The predicted molar refractivity (Wildman–Crippen MR) is 72.1 cm³/mol. The molecular weight excluding hydrogens is 236 g/mol. The van der Waals surface area contributed by atoms with Crippen molar-refractivity contribution in [3.8, 4) is 0 Å². The third kappa shape index (κ3) is 3.14. The Morgan fingerprint density at radius 1 is 1.25 bits per heavy atom. The van der Waals surface area contributed by atoms with Crippen molar-refractivity contribution in [3.63, 3.8) is 0 Å². The molecule has 0 aliphatic heterocycles. The highest BCUT2D eigenvalue weighted by Crippen LogP contribution is 2.40. The molecule has 1 aromatic heterocycles. The van der Waals surface area contributed by atoms with Gasteiger partial charge in [0.2, 0.25) is 0 Å². The lowest BCUT2D eigenvalue weighted by Gasteiger charge is -2.35. The van der Waals surface area contributed by atoms with Gasteiger partial charge < -0.3 is 0 Å². The molecular formula is C12H18N2S2. The van der Waals surface area contributed by atoms with Crippen LogP contribution in [0.2, 0.25) is 0 Å². The maximum Gasteiger partial charge on any atom is 0.114 e. The maximum atomic E-state index is 4.55. The van der Waals surface area contributed by atoms with Crippen LogP contribution in [0.4, 0.5) is 0 Å². The minimum absolute atomic E-state index is 0.434. The van der Waals surface area contributed by atoms with Gasteiger partial charge in [0.1, 0.15) is 5.03 Å². The smallest absolute Gasteiger partial charge is 0.114 e. The van der Waals surface area contributed by atoms with Gasteiger partial charge in [-0.25, -0.2) is 4.98 Å². The Kier molecular flexibility index (Phi) is 4.53. The normalized spacial score (nSPS) is 19.6. The highest BCUT2D eigenvalue weighted by molar-refractivity contribution is 7.99. The number of thiol groups is 1. The number of aromatic nitrogens is 2. The summed E-state index contributed by atoms with van der Waals surface area (Å²) in [5, 5.41) is 1.04. The summed E-state index contributed by atoms with van der Waals surface area (Å²) in [6.07, 6.45) is 12.1. The minimum atomic E-state index is 0.434. The first-order valence-electron chi connectivity index (χ1n) is 5.84. The summed E-state index contributed by atoms with van der Waals surface area (Å²) < 4.78 is 0. The number of hydrogen-bond donors (Lipinski definition) is 1. The molecule has 0 aromatic carbocycles. The van der Waals surface area contributed by atoms with Crippen LogP contribution in [0.25, 0.3) is 0 Å². The zero-order valence-corrected chi connectivity index (χ0v) is 11.1. The Hall–Kier alpha value is -0.220. The van der Waals surface area contributed by atoms with Gasteiger partial charge in [0.15, 0.2) is 0 Å². The predicted octanol–water partition coefficient (Wildman–Crippen LogP) is 3.45. The van der Waals surface area contributed by atoms with Crippen LogP contribution in [0.5, 0.6) is 0 Å². The van der Waals surface area contributed by atoms with Crippen LogP contribution in [0.3, 0.4) is 0 Å². The SMILES string of the molecule is SCC1(CSc2cnccn2)CCCCC1. The van der Waals surface area contributed by atoms with Gasteiger partial charge in [-0.15, -0.1) is 11.8 Å². The third-order valence-corrected chi connectivity index (χ3v) is 5.25. The molecule has 0 radical (unpaired) electrons. The zero-order valence-electron chi connectivity index (χ0n) is 9.43. The summed E-state index contributed by atoms with van der Waals surface area (Å²) in [5.41, 5.74) is 0.434. The van der Waals surface area contributed by atoms with Gasteiger partial charge in [0, 0.05) is 18.1 Å². The number of nitrogens with zero attached hydrogens (tertiary/aromatic N) is 2. The fourth-order valence-corrected chi connectivity index (χ4v) is 3.93. The van der Waals surface area contributed by atoms with Gasteiger partial charge in [-0.1, -0.05) is 19.3 Å². The van der Waals surface area contributed by atoms with E-state index >= 15 is 0 Å². The van der Waals surface area contributed by atoms with E-state index in [1.807, 2.05) is 18.0 Å². The summed E-state index contributed by atoms with van der Waals surface area (Å²) in [7, 11) is 0. The second kappa shape index (κ2) is 5.92. The topological polar surface area (TPSA) is 25.8 Å². The van der Waals surface area contributed by atoms with E-state index in [4.69, 9.17) is 0 Å². The molecule has 0 spiro atoms. The van der Waals surface area contributed by atoms with Gasteiger partial charge in [-0.3, -0.25) is 4.98 Å². The van der Waals surface area contributed by atoms with Gasteiger partial charge in [-0.05, 0) is 24.0 Å². The molecule has 4 heteroatoms. The van der Waals surface area contributed by atoms with E-state index in [1.54, 1.807) is 12.4 Å². The average Bonchev–Trinajstić information content (AvgIpc) is 2.39. The monoisotopic (exact) mass is 254 g/mol. The second-order valence-corrected chi connectivity index (χ2v) is 5.86. The van der Waals surface area contributed by atoms with Gasteiger partial charge in [0.25, 0.3) is 0 Å². The van der Waals surface area contributed by atoms with E-state index in [-0.39, 0.29) is 0 Å². The Balaban J connectivity index is 1.92. The summed E-state index contributed by atoms with van der Waals surface area (Å²) in [5.74, 6) is 2.13. The molecule has 0 bridgehead atoms. The van der Waals surface area contributed by atoms with E-state index in [0.29, 0.717) is 5.41 Å². The summed E-state index contributed by atoms with van der Waals surface area (Å²) >= 11 is 6.37. The molecule has 1 aliphatic carbocycles. The van der Waals surface area contributed by atoms with Crippen LogP contribution in [-0.4, -0.2) is 21.5 Å². The second-order valence-electron chi connectivity index (χ2n) is 4.55. The van der Waals surface area contributed by atoms with E-state index in [9.17, 15) is 0 Å². The standard InChI is InChI=1S/C12H18N2S2/c15-9-12(4-2-1-3-5-12)10-16-11-8-13-6-7-14-11/h6-8,15H,1-5,9-10H2. The molecule has 2 rings (SSSR count). The van der Waals surface area contributed by atoms with Gasteiger partial charge in [0.05, 0.1) is 6.20 Å². The third-order valence-electron chi connectivity index (χ3n) is 3.32. The van der Waals surface area contributed by atoms with Crippen molar-refractivity contribution >= 4 is 24.4 Å². The number of thioether (sulfide) groups is 1. The Labute approximate surface area is 107 Å². The molecule has 0 N–H and O–H groups in total. The largest absolute Gasteiger partial charge is 0.260 e. The Morgan fingerprint density at radius 2 is 2.06 bits per heavy atom. The fraction of sp³-hybridized carbons (Fsp3) is 0.667. The molecule has 0 atom stereocenters. The van der Waals surface area contributed by atoms with Crippen molar-refractivity contribution in [3.05, 3.63) is 18.6 Å². The van der Waals surface area contributed by atoms with Crippen LogP contribution < -0.4 is 0 Å². The highest BCUT2D eigenvalue weighted by Gasteiger charge is 2.30. The molecule has 0 amide bonds. The van der Waals surface area contributed by atoms with Crippen LogP contribution >= 0.6 is 24.4 Å². The maximum absolute atomic E-state index is 4.55. The molecule has 1 fully saturated rings. The first kappa shape index (κ1) is 12.2. The minimum Gasteiger partial charge on any atom is -0.260 e. The molecule has 16 heavy (non-hydrogen) atoms. The first-order chi connectivity index (χ1) is 7.85. The van der Waals surface area contributed by atoms with Crippen molar-refractivity contribution in [1.29, 1.82) is 0 Å². The lowest BCUT2D eigenvalue weighted by molar-refractivity contribution is 0.258. The van der Waals surface area contributed by atoms with Crippen LogP contribution in [0.1, 0.15) is 32.1 Å². The highest BCUT2D eigenvalue weighted by atomic mass is 32.2. The lowest BCUT2D eigenvalue weighted by Crippen LogP contribution is -2.28. The van der Waals surface area contributed by atoms with Crippen molar-refractivity contribution in [1.82, 2.24) is 9.97 Å². The van der Waals surface area contributed by atoms with Crippen LogP contribution in [-0.2, 0) is 0 Å². The zero-order chi connectivity index (χ0) is 11.3. The van der Waals surface area contributed by atoms with Gasteiger partial charge >= 0.3 is 0 Å². The summed E-state index contributed by atoms with van der Waals surface area (Å²) in [6.45, 7) is 0. The van der Waals surface area contributed by atoms with Gasteiger partial charge in [-0.2, -0.15) is 12.6 Å². The fourth-order valence-electron chi connectivity index (χ4n) is 2.24. The number of hydrogen-bond acceptors (Lipinski definition) is 4. The van der Waals surface area contributed by atoms with Crippen LogP contribution in [0.15, 0.2) is 23.6 Å². The van der Waals surface area contributed by atoms with E-state index in [0.717, 1.165) is 16.5 Å². The summed E-state index contributed by atoms with van der Waals surface area (Å²) in [4.78, 5) is 8.40. The molecule has 1 aromatic rings. The van der Waals surface area contributed by atoms with Crippen molar-refractivity contribution in [2.75, 3.05) is 11.5 Å². The molecule has 0 saturated heterocycles. The van der Waals surface area contributed by atoms with E-state index in [2.05, 4.69) is 22.6 Å². The van der Waals surface area contributed by atoms with E-state index < -0.39 is 0 Å².